The number of rotatable bonds is 5. The highest BCUT2D eigenvalue weighted by molar-refractivity contribution is 7.99. The summed E-state index contributed by atoms with van der Waals surface area (Å²) in [6.07, 6.45) is 4.39. The summed E-state index contributed by atoms with van der Waals surface area (Å²) in [4.78, 5) is 18.8. The molecule has 5 rings (SSSR count). The van der Waals surface area contributed by atoms with Crippen molar-refractivity contribution in [3.05, 3.63) is 71.5 Å². The van der Waals surface area contributed by atoms with Gasteiger partial charge in [-0.05, 0) is 48.4 Å². The Bertz CT molecular complexity index is 1230. The maximum absolute atomic E-state index is 12.8. The van der Waals surface area contributed by atoms with Crippen molar-refractivity contribution in [2.75, 3.05) is 18.8 Å². The first-order valence-corrected chi connectivity index (χ1v) is 11.3. The number of halogens is 1. The average molecular weight is 451 g/mol. The minimum atomic E-state index is 0.118. The van der Waals surface area contributed by atoms with Crippen molar-refractivity contribution in [3.8, 4) is 11.4 Å². The number of benzene rings is 1. The van der Waals surface area contributed by atoms with Gasteiger partial charge in [0.05, 0.1) is 5.75 Å². The van der Waals surface area contributed by atoms with Gasteiger partial charge in [0, 0.05) is 42.0 Å². The third-order valence-corrected chi connectivity index (χ3v) is 6.50. The summed E-state index contributed by atoms with van der Waals surface area (Å²) in [6.45, 7) is 1.49. The first-order valence-electron chi connectivity index (χ1n) is 9.96. The molecule has 156 valence electrons. The van der Waals surface area contributed by atoms with E-state index in [-0.39, 0.29) is 5.91 Å². The van der Waals surface area contributed by atoms with Gasteiger partial charge in [-0.25, -0.2) is 0 Å². The van der Waals surface area contributed by atoms with E-state index in [9.17, 15) is 4.79 Å². The number of hydrogen-bond acceptors (Lipinski definition) is 6. The van der Waals surface area contributed by atoms with Crippen LogP contribution in [0.2, 0.25) is 5.02 Å². The van der Waals surface area contributed by atoms with Crippen molar-refractivity contribution in [1.82, 2.24) is 29.7 Å². The number of carbonyl (C=O) groups is 1. The topological polar surface area (TPSA) is 76.3 Å². The molecule has 4 aromatic rings. The highest BCUT2D eigenvalue weighted by Crippen LogP contribution is 2.29. The molecular weight excluding hydrogens is 432 g/mol. The normalized spacial score (nSPS) is 16.2. The van der Waals surface area contributed by atoms with Crippen LogP contribution >= 0.6 is 23.4 Å². The quantitative estimate of drug-likeness (QED) is 0.428. The lowest BCUT2D eigenvalue weighted by Gasteiger charge is -2.16. The Balaban J connectivity index is 1.25. The zero-order valence-corrected chi connectivity index (χ0v) is 18.1. The fourth-order valence-electron chi connectivity index (χ4n) is 3.77. The van der Waals surface area contributed by atoms with Crippen LogP contribution in [0.4, 0.5) is 0 Å². The Hall–Kier alpha value is -2.97. The molecule has 0 N–H and O–H groups in total. The number of amides is 1. The smallest absolute Gasteiger partial charge is 0.233 e. The summed E-state index contributed by atoms with van der Waals surface area (Å²) in [5.74, 6) is 1.42. The van der Waals surface area contributed by atoms with Crippen LogP contribution in [0, 0.1) is 0 Å². The minimum Gasteiger partial charge on any atom is -0.341 e. The molecule has 1 amide bonds. The number of thioether (sulfide) groups is 1. The second-order valence-corrected chi connectivity index (χ2v) is 8.81. The molecular formula is C22H19ClN6OS. The standard InChI is InChI=1S/C22H19ClN6OS/c23-18-5-1-3-15(11-18)17-8-10-28(13-17)21(30)14-31-20-7-6-19-25-26-22(29(19)27-20)16-4-2-9-24-12-16/h1-7,9,11-12,17H,8,10,13-14H2/t17-/m0/s1. The van der Waals surface area contributed by atoms with Crippen LogP contribution in [-0.2, 0) is 4.79 Å². The Labute approximate surface area is 188 Å². The molecule has 0 saturated carbocycles. The summed E-state index contributed by atoms with van der Waals surface area (Å²) >= 11 is 7.54. The Kier molecular flexibility index (Phi) is 5.57. The second-order valence-electron chi connectivity index (χ2n) is 7.38. The van der Waals surface area contributed by atoms with Gasteiger partial charge in [0.15, 0.2) is 11.5 Å². The van der Waals surface area contributed by atoms with E-state index in [1.165, 1.54) is 17.3 Å². The van der Waals surface area contributed by atoms with Crippen molar-refractivity contribution < 1.29 is 4.79 Å². The van der Waals surface area contributed by atoms with Crippen LogP contribution in [0.25, 0.3) is 17.0 Å². The molecule has 0 bridgehead atoms. The fraction of sp³-hybridized carbons (Fsp3) is 0.227. The Morgan fingerprint density at radius 1 is 1.16 bits per heavy atom. The van der Waals surface area contributed by atoms with Crippen molar-refractivity contribution in [3.63, 3.8) is 0 Å². The highest BCUT2D eigenvalue weighted by Gasteiger charge is 2.27. The van der Waals surface area contributed by atoms with Crippen molar-refractivity contribution in [2.24, 2.45) is 0 Å². The first-order chi connectivity index (χ1) is 15.2. The van der Waals surface area contributed by atoms with Crippen LogP contribution in [0.1, 0.15) is 17.9 Å². The molecule has 1 aliphatic rings. The van der Waals surface area contributed by atoms with E-state index in [4.69, 9.17) is 11.6 Å². The lowest BCUT2D eigenvalue weighted by atomic mass is 9.99. The van der Waals surface area contributed by atoms with E-state index >= 15 is 0 Å². The molecule has 1 saturated heterocycles. The zero-order chi connectivity index (χ0) is 21.2. The fourth-order valence-corrected chi connectivity index (χ4v) is 4.73. The van der Waals surface area contributed by atoms with E-state index in [0.717, 1.165) is 35.1 Å². The molecule has 7 nitrogen and oxygen atoms in total. The highest BCUT2D eigenvalue weighted by atomic mass is 35.5. The predicted molar refractivity (Wildman–Crippen MR) is 120 cm³/mol. The maximum atomic E-state index is 12.8. The molecule has 0 unspecified atom stereocenters. The Morgan fingerprint density at radius 2 is 2.10 bits per heavy atom. The number of likely N-dealkylation sites (tertiary alicyclic amines) is 1. The van der Waals surface area contributed by atoms with Crippen LogP contribution < -0.4 is 0 Å². The summed E-state index contributed by atoms with van der Waals surface area (Å²) in [7, 11) is 0. The van der Waals surface area contributed by atoms with Gasteiger partial charge in [0.2, 0.25) is 5.91 Å². The van der Waals surface area contributed by atoms with Gasteiger partial charge in [-0.15, -0.1) is 10.2 Å². The van der Waals surface area contributed by atoms with Crippen molar-refractivity contribution >= 4 is 34.9 Å². The maximum Gasteiger partial charge on any atom is 0.233 e. The molecule has 0 spiro atoms. The molecule has 1 aliphatic heterocycles. The molecule has 1 aromatic carbocycles. The van der Waals surface area contributed by atoms with Gasteiger partial charge in [-0.1, -0.05) is 35.5 Å². The number of fused-ring (bicyclic) bond motifs is 1. The number of pyridine rings is 1. The molecule has 3 aromatic heterocycles. The summed E-state index contributed by atoms with van der Waals surface area (Å²) in [6, 6.07) is 15.4. The Morgan fingerprint density at radius 3 is 2.94 bits per heavy atom. The second kappa shape index (κ2) is 8.64. The van der Waals surface area contributed by atoms with Crippen molar-refractivity contribution in [2.45, 2.75) is 17.4 Å². The molecule has 9 heteroatoms. The molecule has 31 heavy (non-hydrogen) atoms. The number of carbonyl (C=O) groups excluding carboxylic acids is 1. The van der Waals surface area contributed by atoms with Crippen LogP contribution in [0.15, 0.2) is 66.0 Å². The first kappa shape index (κ1) is 20.0. The number of nitrogens with zero attached hydrogens (tertiary/aromatic N) is 6. The number of aromatic nitrogens is 5. The van der Waals surface area contributed by atoms with Crippen molar-refractivity contribution in [1.29, 1.82) is 0 Å². The monoisotopic (exact) mass is 450 g/mol. The summed E-state index contributed by atoms with van der Waals surface area (Å²) in [5, 5.41) is 14.5. The van der Waals surface area contributed by atoms with E-state index in [1.54, 1.807) is 16.9 Å². The predicted octanol–water partition coefficient (Wildman–Crippen LogP) is 3.95. The van der Waals surface area contributed by atoms with E-state index in [0.29, 0.717) is 23.1 Å². The summed E-state index contributed by atoms with van der Waals surface area (Å²) in [5.41, 5.74) is 2.68. The summed E-state index contributed by atoms with van der Waals surface area (Å²) < 4.78 is 1.69. The SMILES string of the molecule is O=C(CSc1ccc2nnc(-c3cccnc3)n2n1)N1CC[C@H](c2cccc(Cl)c2)C1. The molecule has 1 atom stereocenters. The van der Waals surface area contributed by atoms with Crippen LogP contribution in [0.5, 0.6) is 0 Å². The van der Waals surface area contributed by atoms with Gasteiger partial charge in [-0.2, -0.15) is 9.61 Å². The zero-order valence-electron chi connectivity index (χ0n) is 16.6. The van der Waals surface area contributed by atoms with Gasteiger partial charge in [0.1, 0.15) is 5.03 Å². The van der Waals surface area contributed by atoms with E-state index in [2.05, 4.69) is 26.3 Å². The molecule has 4 heterocycles. The van der Waals surface area contributed by atoms with Gasteiger partial charge in [0.25, 0.3) is 0 Å². The van der Waals surface area contributed by atoms with Gasteiger partial charge < -0.3 is 4.90 Å². The molecule has 0 radical (unpaired) electrons. The van der Waals surface area contributed by atoms with E-state index < -0.39 is 0 Å². The number of hydrogen-bond donors (Lipinski definition) is 0. The lowest BCUT2D eigenvalue weighted by molar-refractivity contribution is -0.127. The van der Waals surface area contributed by atoms with Gasteiger partial charge >= 0.3 is 0 Å². The molecule has 0 aliphatic carbocycles. The third-order valence-electron chi connectivity index (χ3n) is 5.36. The lowest BCUT2D eigenvalue weighted by Crippen LogP contribution is -2.30. The van der Waals surface area contributed by atoms with Crippen LogP contribution in [0.3, 0.4) is 0 Å². The minimum absolute atomic E-state index is 0.118. The molecule has 1 fully saturated rings. The largest absolute Gasteiger partial charge is 0.341 e. The van der Waals surface area contributed by atoms with E-state index in [1.807, 2.05) is 47.4 Å². The van der Waals surface area contributed by atoms with Gasteiger partial charge in [-0.3, -0.25) is 9.78 Å². The average Bonchev–Trinajstić information content (AvgIpc) is 3.45. The third kappa shape index (κ3) is 4.26. The van der Waals surface area contributed by atoms with Crippen LogP contribution in [-0.4, -0.2) is 54.4 Å².